The second kappa shape index (κ2) is 17.1. The normalized spacial score (nSPS) is 13.2. The molecule has 0 bridgehead atoms. The third kappa shape index (κ3) is 10.1. The minimum Gasteiger partial charge on any atom is -0.493 e. The van der Waals surface area contributed by atoms with Gasteiger partial charge in [0.2, 0.25) is 0 Å². The molecule has 0 radical (unpaired) electrons. The van der Waals surface area contributed by atoms with Crippen molar-refractivity contribution >= 4 is 39.8 Å². The molecule has 1 aliphatic heterocycles. The summed E-state index contributed by atoms with van der Waals surface area (Å²) in [6, 6.07) is 19.1. The summed E-state index contributed by atoms with van der Waals surface area (Å²) in [7, 11) is 1.58. The van der Waals surface area contributed by atoms with Crippen LogP contribution >= 0.6 is 11.3 Å². The van der Waals surface area contributed by atoms with E-state index in [1.54, 1.807) is 36.9 Å². The molecule has 16 heteroatoms. The maximum atomic E-state index is 15.2. The van der Waals surface area contributed by atoms with Gasteiger partial charge < -0.3 is 34.9 Å². The van der Waals surface area contributed by atoms with Crippen molar-refractivity contribution in [2.45, 2.75) is 12.6 Å². The predicted molar refractivity (Wildman–Crippen MR) is 183 cm³/mol. The predicted octanol–water partition coefficient (Wildman–Crippen LogP) is 6.86. The first-order valence-electron chi connectivity index (χ1n) is 15.6. The topological polar surface area (TPSA) is 135 Å². The molecule has 0 aliphatic carbocycles. The van der Waals surface area contributed by atoms with E-state index in [9.17, 15) is 18.0 Å². The van der Waals surface area contributed by atoms with E-state index in [4.69, 9.17) is 24.1 Å². The fourth-order valence-corrected chi connectivity index (χ4v) is 5.77. The fraction of sp³-hybridized carbons (Fsp3) is 0.257. The number of fused-ring (bicyclic) bond motifs is 1. The van der Waals surface area contributed by atoms with Crippen LogP contribution in [0, 0.1) is 5.82 Å². The molecule has 2 aromatic heterocycles. The number of piperazine rings is 1. The van der Waals surface area contributed by atoms with Crippen molar-refractivity contribution < 1.29 is 46.5 Å². The number of hydrogen-bond donors (Lipinski definition) is 3. The highest BCUT2D eigenvalue weighted by Crippen LogP contribution is 2.38. The highest BCUT2D eigenvalue weighted by atomic mass is 32.1. The van der Waals surface area contributed by atoms with E-state index in [1.165, 1.54) is 23.5 Å². The number of carbonyl (C=O) groups is 2. The monoisotopic (exact) mass is 727 g/mol. The first kappa shape index (κ1) is 36.9. The van der Waals surface area contributed by atoms with Crippen molar-refractivity contribution in [1.82, 2.24) is 20.2 Å². The van der Waals surface area contributed by atoms with Crippen molar-refractivity contribution in [1.29, 1.82) is 0 Å². The number of hydrogen-bond acceptors (Lipinski definition) is 10. The molecule has 6 rings (SSSR count). The molecule has 51 heavy (non-hydrogen) atoms. The molecule has 5 aromatic rings. The van der Waals surface area contributed by atoms with Gasteiger partial charge in [-0.2, -0.15) is 13.2 Å². The Hall–Kier alpha value is -5.32. The van der Waals surface area contributed by atoms with E-state index in [1.807, 2.05) is 36.4 Å². The number of alkyl halides is 3. The smallest absolute Gasteiger partial charge is 0.490 e. The van der Waals surface area contributed by atoms with Gasteiger partial charge >= 0.3 is 12.1 Å². The zero-order valence-corrected chi connectivity index (χ0v) is 28.0. The molecular formula is C35H33F4N5O6S. The standard InChI is InChI=1S/C33H32FN5O4S.C2HF3O2/c1-41-30-19-24-26(20-31(30)42-17-5-14-39-15-12-35-13-16-39)36-11-10-28(24)43-29-9-8-23(18-25(29)34)37-32(40)27-21-44-33(38-27)22-6-3-2-4-7-22;3-2(4,5)1(6)7/h2-4,6-11,18-21,35H,5,12-17H2,1H3,(H,37,40);(H,6,7). The number of carboxylic acids is 1. The van der Waals surface area contributed by atoms with Crippen LogP contribution in [0.15, 0.2) is 78.3 Å². The molecule has 0 saturated carbocycles. The van der Waals surface area contributed by atoms with Gasteiger partial charge in [0.25, 0.3) is 5.91 Å². The van der Waals surface area contributed by atoms with Crippen LogP contribution in [0.5, 0.6) is 23.0 Å². The zero-order valence-electron chi connectivity index (χ0n) is 27.2. The van der Waals surface area contributed by atoms with Gasteiger partial charge in [-0.25, -0.2) is 14.2 Å². The Labute approximate surface area is 293 Å². The second-order valence-electron chi connectivity index (χ2n) is 11.0. The number of nitrogens with one attached hydrogen (secondary N) is 2. The average Bonchev–Trinajstić information content (AvgIpc) is 3.63. The lowest BCUT2D eigenvalue weighted by Gasteiger charge is -2.27. The molecule has 1 amide bonds. The number of aliphatic carboxylic acids is 1. The summed E-state index contributed by atoms with van der Waals surface area (Å²) in [6.07, 6.45) is -2.59. The molecule has 1 saturated heterocycles. The van der Waals surface area contributed by atoms with Gasteiger partial charge in [-0.3, -0.25) is 9.78 Å². The van der Waals surface area contributed by atoms with Gasteiger partial charge in [0.1, 0.15) is 16.5 Å². The molecule has 3 heterocycles. The summed E-state index contributed by atoms with van der Waals surface area (Å²) in [5, 5.41) is 16.3. The largest absolute Gasteiger partial charge is 0.493 e. The number of thiazole rings is 1. The minimum atomic E-state index is -5.08. The molecule has 0 atom stereocenters. The van der Waals surface area contributed by atoms with Gasteiger partial charge in [-0.05, 0) is 30.7 Å². The summed E-state index contributed by atoms with van der Waals surface area (Å²) in [5.74, 6) is -2.28. The van der Waals surface area contributed by atoms with Crippen LogP contribution in [0.1, 0.15) is 16.9 Å². The third-order valence-corrected chi connectivity index (χ3v) is 8.37. The molecule has 1 aliphatic rings. The second-order valence-corrected chi connectivity index (χ2v) is 11.9. The Balaban J connectivity index is 0.000000654. The number of aromatic nitrogens is 2. The molecular weight excluding hydrogens is 694 g/mol. The number of carboxylic acid groups (broad SMARTS) is 1. The molecule has 3 aromatic carbocycles. The quantitative estimate of drug-likeness (QED) is 0.0979. The Kier molecular flexibility index (Phi) is 12.4. The van der Waals surface area contributed by atoms with Gasteiger partial charge in [-0.1, -0.05) is 30.3 Å². The number of halogens is 4. The molecule has 1 fully saturated rings. The minimum absolute atomic E-state index is 0.00253. The molecule has 0 spiro atoms. The van der Waals surface area contributed by atoms with Crippen LogP contribution in [-0.4, -0.2) is 84.5 Å². The molecule has 3 N–H and O–H groups in total. The summed E-state index contributed by atoms with van der Waals surface area (Å²) < 4.78 is 64.5. The van der Waals surface area contributed by atoms with Crippen molar-refractivity contribution in [2.75, 3.05) is 51.8 Å². The Morgan fingerprint density at radius 1 is 1.00 bits per heavy atom. The summed E-state index contributed by atoms with van der Waals surface area (Å²) in [5.41, 5.74) is 2.10. The number of amides is 1. The van der Waals surface area contributed by atoms with Crippen LogP contribution < -0.4 is 24.8 Å². The molecule has 0 unspecified atom stereocenters. The van der Waals surface area contributed by atoms with Crippen molar-refractivity contribution in [3.8, 4) is 33.6 Å². The molecule has 11 nitrogen and oxygen atoms in total. The summed E-state index contributed by atoms with van der Waals surface area (Å²) >= 11 is 1.37. The zero-order chi connectivity index (χ0) is 36.4. The lowest BCUT2D eigenvalue weighted by atomic mass is 10.1. The number of pyridine rings is 1. The van der Waals surface area contributed by atoms with Gasteiger partial charge in [0.05, 0.1) is 19.2 Å². The van der Waals surface area contributed by atoms with E-state index in [0.717, 1.165) is 49.7 Å². The Morgan fingerprint density at radius 3 is 2.43 bits per heavy atom. The van der Waals surface area contributed by atoms with E-state index in [2.05, 4.69) is 25.5 Å². The number of carbonyl (C=O) groups excluding carboxylic acids is 1. The van der Waals surface area contributed by atoms with Gasteiger partial charge in [-0.15, -0.1) is 11.3 Å². The first-order chi connectivity index (χ1) is 24.5. The van der Waals surface area contributed by atoms with Crippen LogP contribution in [0.25, 0.3) is 21.5 Å². The van der Waals surface area contributed by atoms with Crippen LogP contribution in [-0.2, 0) is 4.79 Å². The van der Waals surface area contributed by atoms with E-state index in [-0.39, 0.29) is 17.1 Å². The van der Waals surface area contributed by atoms with E-state index in [0.29, 0.717) is 34.8 Å². The number of benzene rings is 3. The maximum Gasteiger partial charge on any atom is 0.490 e. The highest BCUT2D eigenvalue weighted by molar-refractivity contribution is 7.13. The van der Waals surface area contributed by atoms with Crippen LogP contribution in [0.3, 0.4) is 0 Å². The van der Waals surface area contributed by atoms with Gasteiger partial charge in [0.15, 0.2) is 23.1 Å². The number of nitrogens with zero attached hydrogens (tertiary/aromatic N) is 3. The fourth-order valence-electron chi connectivity index (χ4n) is 4.96. The average molecular weight is 728 g/mol. The maximum absolute atomic E-state index is 15.2. The first-order valence-corrected chi connectivity index (χ1v) is 16.5. The van der Waals surface area contributed by atoms with Crippen molar-refractivity contribution in [3.05, 3.63) is 89.8 Å². The van der Waals surface area contributed by atoms with Gasteiger partial charge in [0, 0.05) is 73.1 Å². The molecule has 268 valence electrons. The number of anilines is 1. The highest BCUT2D eigenvalue weighted by Gasteiger charge is 2.38. The van der Waals surface area contributed by atoms with E-state index >= 15 is 4.39 Å². The number of methoxy groups -OCH3 is 1. The number of rotatable bonds is 11. The Bertz CT molecular complexity index is 1950. The summed E-state index contributed by atoms with van der Waals surface area (Å²) in [4.78, 5) is 33.0. The van der Waals surface area contributed by atoms with Crippen LogP contribution in [0.2, 0.25) is 0 Å². The lowest BCUT2D eigenvalue weighted by Crippen LogP contribution is -2.43. The SMILES string of the molecule is COc1cc2c(Oc3ccc(NC(=O)c4csc(-c5ccccc5)n4)cc3F)ccnc2cc1OCCCN1CCNCC1.O=C(O)C(F)(F)F. The van der Waals surface area contributed by atoms with Crippen molar-refractivity contribution in [3.63, 3.8) is 0 Å². The summed E-state index contributed by atoms with van der Waals surface area (Å²) in [6.45, 7) is 5.65. The lowest BCUT2D eigenvalue weighted by molar-refractivity contribution is -0.192. The number of ether oxygens (including phenoxy) is 3. The van der Waals surface area contributed by atoms with Crippen LogP contribution in [0.4, 0.5) is 23.2 Å². The van der Waals surface area contributed by atoms with Crippen molar-refractivity contribution in [2.24, 2.45) is 0 Å². The van der Waals surface area contributed by atoms with E-state index < -0.39 is 23.9 Å². The third-order valence-electron chi connectivity index (χ3n) is 7.48. The Morgan fingerprint density at radius 2 is 1.75 bits per heavy atom.